The molecule has 0 saturated heterocycles. The van der Waals surface area contributed by atoms with E-state index in [1.165, 1.54) is 0 Å². The Morgan fingerprint density at radius 2 is 2.50 bits per heavy atom. The van der Waals surface area contributed by atoms with Gasteiger partial charge in [-0.2, -0.15) is 0 Å². The summed E-state index contributed by atoms with van der Waals surface area (Å²) in [5, 5.41) is -0.480. The van der Waals surface area contributed by atoms with Gasteiger partial charge in [0.25, 0.3) is 0 Å². The van der Waals surface area contributed by atoms with E-state index in [0.29, 0.717) is 6.61 Å². The molecule has 0 N–H and O–H groups in total. The maximum atomic E-state index is 9.92. The van der Waals surface area contributed by atoms with Crippen molar-refractivity contribution in [3.05, 3.63) is 12.7 Å². The van der Waals surface area contributed by atoms with Crippen LogP contribution in [0.25, 0.3) is 0 Å². The van der Waals surface area contributed by atoms with E-state index in [4.69, 9.17) is 11.6 Å². The van der Waals surface area contributed by atoms with Gasteiger partial charge in [-0.3, -0.25) is 4.79 Å². The Morgan fingerprint density at radius 1 is 1.88 bits per heavy atom. The van der Waals surface area contributed by atoms with Crippen LogP contribution in [0.2, 0.25) is 0 Å². The zero-order valence-corrected chi connectivity index (χ0v) is 5.15. The molecule has 0 fully saturated rings. The highest BCUT2D eigenvalue weighted by atomic mass is 35.5. The smallest absolute Gasteiger partial charge is 0.247 e. The van der Waals surface area contributed by atoms with Crippen LogP contribution in [0.15, 0.2) is 12.7 Å². The first-order valence-electron chi connectivity index (χ1n) is 2.14. The fourth-order valence-corrected chi connectivity index (χ4v) is 0.300. The number of rotatable bonds is 4. The number of carbonyl (C=O) groups is 1. The van der Waals surface area contributed by atoms with E-state index < -0.39 is 5.24 Å². The lowest BCUT2D eigenvalue weighted by molar-refractivity contribution is -0.115. The van der Waals surface area contributed by atoms with Crippen molar-refractivity contribution in [1.29, 1.82) is 0 Å². The Labute approximate surface area is 53.1 Å². The number of hydrogen-bond acceptors (Lipinski definition) is 2. The molecule has 0 aromatic heterocycles. The van der Waals surface area contributed by atoms with E-state index in [9.17, 15) is 4.79 Å². The van der Waals surface area contributed by atoms with Gasteiger partial charge in [0, 0.05) is 0 Å². The average molecular weight is 135 g/mol. The molecule has 8 heavy (non-hydrogen) atoms. The number of halogens is 1. The van der Waals surface area contributed by atoms with Gasteiger partial charge < -0.3 is 4.74 Å². The van der Waals surface area contributed by atoms with Crippen LogP contribution in [-0.2, 0) is 9.53 Å². The zero-order valence-electron chi connectivity index (χ0n) is 4.39. The predicted octanol–water partition coefficient (Wildman–Crippen LogP) is 0.954. The number of ether oxygens (including phenoxy) is 1. The molecule has 46 valence electrons. The third-order valence-corrected chi connectivity index (χ3v) is 0.560. The van der Waals surface area contributed by atoms with Crippen LogP contribution in [0.1, 0.15) is 0 Å². The monoisotopic (exact) mass is 134 g/mol. The molecule has 0 rings (SSSR count). The van der Waals surface area contributed by atoms with E-state index >= 15 is 0 Å². The van der Waals surface area contributed by atoms with Crippen LogP contribution in [0.3, 0.4) is 0 Å². The first kappa shape index (κ1) is 7.66. The molecule has 0 amide bonds. The molecule has 0 aromatic rings. The van der Waals surface area contributed by atoms with Crippen LogP contribution in [0.4, 0.5) is 0 Å². The molecule has 0 aromatic carbocycles. The van der Waals surface area contributed by atoms with E-state index in [0.717, 1.165) is 0 Å². The normalized spacial score (nSPS) is 8.62. The topological polar surface area (TPSA) is 26.3 Å². The second kappa shape index (κ2) is 4.81. The summed E-state index contributed by atoms with van der Waals surface area (Å²) < 4.78 is 4.64. The van der Waals surface area contributed by atoms with Crippen molar-refractivity contribution >= 4 is 16.8 Å². The van der Waals surface area contributed by atoms with Gasteiger partial charge in [0.05, 0.1) is 6.61 Å². The lowest BCUT2D eigenvalue weighted by Crippen LogP contribution is -2.00. The van der Waals surface area contributed by atoms with Crippen molar-refractivity contribution in [2.24, 2.45) is 0 Å². The summed E-state index contributed by atoms with van der Waals surface area (Å²) in [6.45, 7) is 3.72. The van der Waals surface area contributed by atoms with Crippen LogP contribution in [-0.4, -0.2) is 18.5 Å². The zero-order chi connectivity index (χ0) is 6.41. The second-order valence-electron chi connectivity index (χ2n) is 1.16. The summed E-state index contributed by atoms with van der Waals surface area (Å²) in [6, 6.07) is 0. The van der Waals surface area contributed by atoms with Gasteiger partial charge in [0.15, 0.2) is 0 Å². The minimum Gasteiger partial charge on any atom is -0.368 e. The van der Waals surface area contributed by atoms with Gasteiger partial charge >= 0.3 is 0 Å². The molecule has 0 spiro atoms. The molecule has 0 aliphatic heterocycles. The first-order valence-corrected chi connectivity index (χ1v) is 2.52. The van der Waals surface area contributed by atoms with E-state index in [1.807, 2.05) is 0 Å². The van der Waals surface area contributed by atoms with Gasteiger partial charge in [-0.15, -0.1) is 6.58 Å². The maximum Gasteiger partial charge on any atom is 0.247 e. The Hall–Kier alpha value is -0.340. The van der Waals surface area contributed by atoms with Crippen molar-refractivity contribution in [2.75, 3.05) is 13.2 Å². The molecule has 0 bridgehead atoms. The van der Waals surface area contributed by atoms with Crippen molar-refractivity contribution < 1.29 is 9.53 Å². The molecule has 0 aliphatic rings. The third kappa shape index (κ3) is 5.66. The lowest BCUT2D eigenvalue weighted by Gasteiger charge is -1.91. The van der Waals surface area contributed by atoms with Crippen molar-refractivity contribution in [2.45, 2.75) is 0 Å². The van der Waals surface area contributed by atoms with Crippen LogP contribution < -0.4 is 0 Å². The average Bonchev–Trinajstić information content (AvgIpc) is 1.66. The van der Waals surface area contributed by atoms with Crippen LogP contribution >= 0.6 is 11.6 Å². The number of hydrogen-bond donors (Lipinski definition) is 0. The maximum absolute atomic E-state index is 9.92. The SMILES string of the molecule is C=CCOCC(=O)Cl. The van der Waals surface area contributed by atoms with E-state index in [2.05, 4.69) is 11.3 Å². The van der Waals surface area contributed by atoms with E-state index in [1.54, 1.807) is 6.08 Å². The molecule has 0 radical (unpaired) electrons. The molecule has 2 nitrogen and oxygen atoms in total. The Kier molecular flexibility index (Phi) is 4.61. The summed E-state index contributed by atoms with van der Waals surface area (Å²) >= 11 is 4.92. The molecular weight excluding hydrogens is 128 g/mol. The van der Waals surface area contributed by atoms with Crippen LogP contribution in [0.5, 0.6) is 0 Å². The third-order valence-electron chi connectivity index (χ3n) is 0.451. The quantitative estimate of drug-likeness (QED) is 0.325. The second-order valence-corrected chi connectivity index (χ2v) is 1.58. The molecule has 0 unspecified atom stereocenters. The summed E-state index contributed by atoms with van der Waals surface area (Å²) in [7, 11) is 0. The molecule has 0 atom stereocenters. The molecule has 0 heterocycles. The minimum atomic E-state index is -0.480. The summed E-state index contributed by atoms with van der Waals surface area (Å²) in [6.07, 6.45) is 1.56. The molecule has 0 saturated carbocycles. The standard InChI is InChI=1S/C5H7ClO2/c1-2-3-8-4-5(6)7/h2H,1,3-4H2. The van der Waals surface area contributed by atoms with Crippen molar-refractivity contribution in [3.8, 4) is 0 Å². The van der Waals surface area contributed by atoms with Gasteiger partial charge in [0.2, 0.25) is 5.24 Å². The summed E-state index contributed by atoms with van der Waals surface area (Å²) in [4.78, 5) is 9.92. The Bertz CT molecular complexity index is 90.4. The minimum absolute atomic E-state index is 0.0342. The Morgan fingerprint density at radius 3 is 2.88 bits per heavy atom. The fraction of sp³-hybridized carbons (Fsp3) is 0.400. The molecular formula is C5H7ClO2. The van der Waals surface area contributed by atoms with Gasteiger partial charge in [-0.25, -0.2) is 0 Å². The predicted molar refractivity (Wildman–Crippen MR) is 31.9 cm³/mol. The van der Waals surface area contributed by atoms with Gasteiger partial charge in [-0.1, -0.05) is 6.08 Å². The van der Waals surface area contributed by atoms with Crippen molar-refractivity contribution in [1.82, 2.24) is 0 Å². The lowest BCUT2D eigenvalue weighted by atomic mass is 10.7. The highest BCUT2D eigenvalue weighted by Crippen LogP contribution is 1.81. The van der Waals surface area contributed by atoms with Crippen molar-refractivity contribution in [3.63, 3.8) is 0 Å². The molecule has 3 heteroatoms. The first-order chi connectivity index (χ1) is 3.77. The largest absolute Gasteiger partial charge is 0.368 e. The highest BCUT2D eigenvalue weighted by Gasteiger charge is 1.90. The summed E-state index contributed by atoms with van der Waals surface area (Å²) in [5.74, 6) is 0. The van der Waals surface area contributed by atoms with Gasteiger partial charge in [0.1, 0.15) is 6.61 Å². The number of carbonyl (C=O) groups excluding carboxylic acids is 1. The van der Waals surface area contributed by atoms with E-state index in [-0.39, 0.29) is 6.61 Å². The molecule has 0 aliphatic carbocycles. The highest BCUT2D eigenvalue weighted by molar-refractivity contribution is 6.63. The Balaban J connectivity index is 2.93. The summed E-state index contributed by atoms with van der Waals surface area (Å²) in [5.41, 5.74) is 0. The fourth-order valence-electron chi connectivity index (χ4n) is 0.223. The van der Waals surface area contributed by atoms with Gasteiger partial charge in [-0.05, 0) is 11.6 Å². The van der Waals surface area contributed by atoms with Crippen LogP contribution in [0, 0.1) is 0 Å².